The number of anilines is 1. The number of aliphatic imine (C=N–C) groups is 1. The molecule has 2 aliphatic heterocycles. The van der Waals surface area contributed by atoms with Crippen molar-refractivity contribution in [2.45, 2.75) is 109 Å². The van der Waals surface area contributed by atoms with Gasteiger partial charge in [-0.15, -0.1) is 0 Å². The summed E-state index contributed by atoms with van der Waals surface area (Å²) in [6, 6.07) is 10.4. The number of ketones is 1. The summed E-state index contributed by atoms with van der Waals surface area (Å²) in [4.78, 5) is 22.0. The number of hydrogen-bond acceptors (Lipinski definition) is 9. The van der Waals surface area contributed by atoms with Crippen molar-refractivity contribution in [3.05, 3.63) is 71.1 Å². The van der Waals surface area contributed by atoms with Crippen molar-refractivity contribution in [2.24, 2.45) is 46.5 Å². The number of nitrogens with one attached hydrogen (secondary N) is 1. The predicted molar refractivity (Wildman–Crippen MR) is 212 cm³/mol. The molecule has 1 aromatic heterocycles. The molecule has 9 rings (SSSR count). The van der Waals surface area contributed by atoms with Crippen molar-refractivity contribution in [3.63, 3.8) is 0 Å². The van der Waals surface area contributed by atoms with Gasteiger partial charge in [-0.3, -0.25) is 14.5 Å². The molecule has 10 atom stereocenters. The summed E-state index contributed by atoms with van der Waals surface area (Å²) in [5.74, 6) is 3.62. The first-order valence-corrected chi connectivity index (χ1v) is 21.3. The van der Waals surface area contributed by atoms with E-state index in [2.05, 4.69) is 29.2 Å². The molecule has 0 bridgehead atoms. The molecule has 4 fully saturated rings. The number of Topliss-reactive ketones (excluding diaryl/α,β-unsaturated/α-hetero) is 1. The highest BCUT2D eigenvalue weighted by molar-refractivity contribution is 6.21. The number of rotatable bonds is 12. The minimum Gasteiger partial charge on any atom is -0.494 e. The molecule has 4 saturated carbocycles. The number of aromatic nitrogens is 3. The lowest BCUT2D eigenvalue weighted by atomic mass is 9.45. The monoisotopic (exact) mass is 767 g/mol. The van der Waals surface area contributed by atoms with E-state index >= 15 is 0 Å². The van der Waals surface area contributed by atoms with Gasteiger partial charge in [0.1, 0.15) is 30.3 Å². The number of nitrogens with zero attached hydrogens (tertiary/aromatic N) is 4. The fourth-order valence-corrected chi connectivity index (χ4v) is 12.4. The molecule has 2 N–H and O–H groups in total. The highest BCUT2D eigenvalue weighted by Crippen LogP contribution is 2.66. The number of aliphatic hydroxyl groups is 1. The molecule has 11 heteroatoms. The van der Waals surface area contributed by atoms with Crippen molar-refractivity contribution in [1.82, 2.24) is 14.8 Å². The van der Waals surface area contributed by atoms with Gasteiger partial charge in [0.05, 0.1) is 36.5 Å². The number of carbonyl (C=O) groups is 1. The molecule has 10 nitrogen and oxygen atoms in total. The van der Waals surface area contributed by atoms with Crippen LogP contribution in [0.3, 0.4) is 0 Å². The molecule has 0 radical (unpaired) electrons. The van der Waals surface area contributed by atoms with Crippen molar-refractivity contribution in [1.29, 1.82) is 0 Å². The summed E-state index contributed by atoms with van der Waals surface area (Å²) in [5, 5.41) is 18.2. The fourth-order valence-electron chi connectivity index (χ4n) is 12.4. The minimum absolute atomic E-state index is 0.0219. The predicted octanol–water partition coefficient (Wildman–Crippen LogP) is 7.85. The number of carbonyl (C=O) groups excluding carboxylic acids is 1. The number of aryl methyl sites for hydroxylation is 1. The second kappa shape index (κ2) is 15.3. The molecule has 3 aromatic rings. The second-order valence-corrected chi connectivity index (χ2v) is 18.1. The number of benzene rings is 2. The Bertz CT molecular complexity index is 1950. The maximum Gasteiger partial charge on any atom is 0.185 e. The fraction of sp³-hybridized carbons (Fsp3) is 0.644. The zero-order chi connectivity index (χ0) is 38.6. The van der Waals surface area contributed by atoms with E-state index in [1.54, 1.807) is 4.68 Å². The van der Waals surface area contributed by atoms with E-state index in [1.807, 2.05) is 31.3 Å². The zero-order valence-corrected chi connectivity index (χ0v) is 33.2. The van der Waals surface area contributed by atoms with Crippen molar-refractivity contribution >= 4 is 17.2 Å². The average molecular weight is 768 g/mol. The number of hydrogen-bond donors (Lipinski definition) is 2. The second-order valence-electron chi connectivity index (χ2n) is 18.1. The Balaban J connectivity index is 0.725. The molecular weight excluding hydrogens is 710 g/mol. The average Bonchev–Trinajstić information content (AvgIpc) is 3.77. The first kappa shape index (κ1) is 37.9. The van der Waals surface area contributed by atoms with Crippen LogP contribution in [0, 0.1) is 40.3 Å². The molecule has 0 amide bonds. The van der Waals surface area contributed by atoms with Gasteiger partial charge in [0.25, 0.3) is 0 Å². The highest BCUT2D eigenvalue weighted by atomic mass is 19.1. The summed E-state index contributed by atoms with van der Waals surface area (Å²) >= 11 is 0. The molecular formula is C45H58FN5O5. The molecule has 3 heterocycles. The largest absolute Gasteiger partial charge is 0.494 e. The summed E-state index contributed by atoms with van der Waals surface area (Å²) < 4.78 is 35.1. The highest BCUT2D eigenvalue weighted by Gasteiger charge is 2.60. The van der Waals surface area contributed by atoms with E-state index in [9.17, 15) is 14.3 Å². The van der Waals surface area contributed by atoms with Crippen LogP contribution in [0.1, 0.15) is 124 Å². The van der Waals surface area contributed by atoms with Gasteiger partial charge in [0.2, 0.25) is 0 Å². The minimum atomic E-state index is -0.457. The van der Waals surface area contributed by atoms with Gasteiger partial charge in [0.15, 0.2) is 5.78 Å². The molecule has 300 valence electrons. The van der Waals surface area contributed by atoms with Crippen LogP contribution in [-0.2, 0) is 16.5 Å². The Kier molecular flexibility index (Phi) is 10.3. The number of fused-ring (bicyclic) bond motifs is 5. The lowest BCUT2D eigenvalue weighted by Gasteiger charge is -2.60. The summed E-state index contributed by atoms with van der Waals surface area (Å²) in [6.45, 7) is 7.70. The topological polar surface area (TPSA) is 120 Å². The van der Waals surface area contributed by atoms with Crippen LogP contribution in [0.2, 0.25) is 0 Å². The van der Waals surface area contributed by atoms with Crippen LogP contribution in [0.5, 0.6) is 5.75 Å². The van der Waals surface area contributed by atoms with E-state index in [4.69, 9.17) is 19.2 Å². The molecule has 56 heavy (non-hydrogen) atoms. The Morgan fingerprint density at radius 3 is 2.54 bits per heavy atom. The Morgan fingerprint density at radius 1 is 0.946 bits per heavy atom. The first-order chi connectivity index (χ1) is 27.1. The van der Waals surface area contributed by atoms with Gasteiger partial charge in [-0.2, -0.15) is 5.10 Å². The third-order valence-corrected chi connectivity index (χ3v) is 15.3. The molecule has 1 unspecified atom stereocenters. The zero-order valence-electron chi connectivity index (χ0n) is 33.2. The Hall–Kier alpha value is -3.67. The van der Waals surface area contributed by atoms with Crippen molar-refractivity contribution in [3.8, 4) is 5.75 Å². The van der Waals surface area contributed by atoms with Crippen LogP contribution in [0.15, 0.2) is 47.7 Å². The van der Waals surface area contributed by atoms with E-state index in [0.717, 1.165) is 67.1 Å². The molecule has 0 spiro atoms. The van der Waals surface area contributed by atoms with Gasteiger partial charge >= 0.3 is 0 Å². The lowest BCUT2D eigenvalue weighted by molar-refractivity contribution is -0.141. The van der Waals surface area contributed by atoms with Crippen LogP contribution >= 0.6 is 0 Å². The van der Waals surface area contributed by atoms with Crippen molar-refractivity contribution in [2.75, 3.05) is 38.3 Å². The number of aliphatic hydroxyl groups excluding tert-OH is 1. The smallest absolute Gasteiger partial charge is 0.185 e. The molecule has 6 aliphatic rings. The van der Waals surface area contributed by atoms with Gasteiger partial charge in [-0.1, -0.05) is 26.0 Å². The van der Waals surface area contributed by atoms with E-state index in [1.165, 1.54) is 63.4 Å². The van der Waals surface area contributed by atoms with Gasteiger partial charge in [0, 0.05) is 50.1 Å². The van der Waals surface area contributed by atoms with Gasteiger partial charge in [-0.25, -0.2) is 9.37 Å². The third kappa shape index (κ3) is 6.69. The SMILES string of the molecule is Cn1ncnc1[C@H]1C2=NCC(=O)c3cc(F)cc(c32)N[C@@H]1c1ccc(OCCCOCCCO[C@H]2CC[C@H]3[C@@H]4CC[C@H]5CC(O)CC[C@]5(C)[C@H]4CC[C@]23C)cc1. The van der Waals surface area contributed by atoms with Crippen molar-refractivity contribution < 1.29 is 28.5 Å². The Labute approximate surface area is 330 Å². The standard InChI is InChI=1S/C45H58FN5O5/c1-44-16-14-30(52)22-28(44)8-11-32-34-12-13-38(45(34,2)17-15-35(32)44)56-21-5-19-54-18-4-20-55-31-9-6-27(7-10-31)41-40(43-48-26-49-51(43)3)42-39-33(37(53)25-47-42)23-29(46)24-36(39)50-41/h6-7,9-10,23-24,26,28,30,32,34-35,38,40-41,50,52H,4-5,8,11-22,25H2,1-3H3/t28-,30?,32-,34-,35-,38-,40+,41+,44-,45-/m0/s1. The van der Waals surface area contributed by atoms with E-state index < -0.39 is 5.82 Å². The molecule has 2 aromatic carbocycles. The van der Waals surface area contributed by atoms with Gasteiger partial charge < -0.3 is 24.6 Å². The Morgan fingerprint density at radius 2 is 1.73 bits per heavy atom. The van der Waals surface area contributed by atoms with E-state index in [-0.39, 0.29) is 30.4 Å². The van der Waals surface area contributed by atoms with Crippen LogP contribution in [0.25, 0.3) is 0 Å². The van der Waals surface area contributed by atoms with Crippen LogP contribution in [-0.4, -0.2) is 76.5 Å². The maximum atomic E-state index is 14.7. The number of ether oxygens (including phenoxy) is 3. The summed E-state index contributed by atoms with van der Waals surface area (Å²) in [7, 11) is 1.84. The van der Waals surface area contributed by atoms with Gasteiger partial charge in [-0.05, 0) is 129 Å². The summed E-state index contributed by atoms with van der Waals surface area (Å²) in [6.07, 6.45) is 14.5. The first-order valence-electron chi connectivity index (χ1n) is 21.3. The van der Waals surface area contributed by atoms with Crippen LogP contribution < -0.4 is 10.1 Å². The molecule has 4 aliphatic carbocycles. The van der Waals surface area contributed by atoms with E-state index in [0.29, 0.717) is 65.3 Å². The molecule has 0 saturated heterocycles. The van der Waals surface area contributed by atoms with Crippen LogP contribution in [0.4, 0.5) is 10.1 Å². The third-order valence-electron chi connectivity index (χ3n) is 15.3. The summed E-state index contributed by atoms with van der Waals surface area (Å²) in [5.41, 5.74) is 3.95. The quantitative estimate of drug-likeness (QED) is 0.179. The number of halogens is 1. The lowest BCUT2D eigenvalue weighted by Crippen LogP contribution is -2.54. The maximum absolute atomic E-state index is 14.7. The normalized spacial score (nSPS) is 34.4.